The van der Waals surface area contributed by atoms with Crippen LogP contribution in [0.5, 0.6) is 17.4 Å². The third kappa shape index (κ3) is 5.39. The Hall–Kier alpha value is -3.27. The molecule has 9 nitrogen and oxygen atoms in total. The maximum atomic E-state index is 10.6. The first-order valence-electron chi connectivity index (χ1n) is 7.13. The first-order valence-corrected chi connectivity index (χ1v) is 7.54. The SMILES string of the molecule is CCOc1cc(C=NNC(N)=S)ccc1Oc1ccc([N+](=O)[O-])cn1. The third-order valence-corrected chi connectivity index (χ3v) is 2.89. The summed E-state index contributed by atoms with van der Waals surface area (Å²) in [6.45, 7) is 2.26. The average Bonchev–Trinajstić information content (AvgIpc) is 2.57. The molecule has 1 heterocycles. The van der Waals surface area contributed by atoms with Crippen molar-refractivity contribution in [3.63, 3.8) is 0 Å². The van der Waals surface area contributed by atoms with Crippen LogP contribution in [0.3, 0.4) is 0 Å². The Morgan fingerprint density at radius 3 is 2.84 bits per heavy atom. The van der Waals surface area contributed by atoms with Gasteiger partial charge in [0, 0.05) is 12.1 Å². The van der Waals surface area contributed by atoms with E-state index in [2.05, 4.69) is 27.7 Å². The molecule has 0 unspecified atom stereocenters. The van der Waals surface area contributed by atoms with Crippen molar-refractivity contribution in [1.29, 1.82) is 0 Å². The molecule has 0 radical (unpaired) electrons. The Balaban J connectivity index is 2.20. The second kappa shape index (κ2) is 8.55. The first kappa shape index (κ1) is 18.1. The maximum absolute atomic E-state index is 10.6. The van der Waals surface area contributed by atoms with E-state index < -0.39 is 4.92 Å². The third-order valence-electron chi connectivity index (χ3n) is 2.80. The molecule has 25 heavy (non-hydrogen) atoms. The normalized spacial score (nSPS) is 10.4. The molecule has 0 aliphatic carbocycles. The number of ether oxygens (including phenoxy) is 2. The predicted octanol–water partition coefficient (Wildman–Crippen LogP) is 2.35. The summed E-state index contributed by atoms with van der Waals surface area (Å²) in [5, 5.41) is 14.6. The van der Waals surface area contributed by atoms with Crippen molar-refractivity contribution < 1.29 is 14.4 Å². The van der Waals surface area contributed by atoms with Gasteiger partial charge in [0.2, 0.25) is 5.88 Å². The highest BCUT2D eigenvalue weighted by Crippen LogP contribution is 2.32. The van der Waals surface area contributed by atoms with Crippen molar-refractivity contribution in [1.82, 2.24) is 10.4 Å². The van der Waals surface area contributed by atoms with Gasteiger partial charge < -0.3 is 15.2 Å². The van der Waals surface area contributed by atoms with E-state index in [1.54, 1.807) is 18.2 Å². The van der Waals surface area contributed by atoms with Crippen LogP contribution >= 0.6 is 12.2 Å². The zero-order valence-electron chi connectivity index (χ0n) is 13.2. The number of benzene rings is 1. The van der Waals surface area contributed by atoms with Crippen LogP contribution in [0.4, 0.5) is 5.69 Å². The Labute approximate surface area is 148 Å². The van der Waals surface area contributed by atoms with E-state index in [-0.39, 0.29) is 16.7 Å². The second-order valence-corrected chi connectivity index (χ2v) is 5.03. The molecule has 10 heteroatoms. The maximum Gasteiger partial charge on any atom is 0.287 e. The minimum atomic E-state index is -0.530. The van der Waals surface area contributed by atoms with E-state index in [9.17, 15) is 10.1 Å². The smallest absolute Gasteiger partial charge is 0.287 e. The molecule has 0 saturated carbocycles. The molecule has 0 spiro atoms. The molecule has 2 rings (SSSR count). The van der Waals surface area contributed by atoms with Gasteiger partial charge in [-0.3, -0.25) is 15.5 Å². The fourth-order valence-electron chi connectivity index (χ4n) is 1.78. The molecule has 0 atom stereocenters. The lowest BCUT2D eigenvalue weighted by Crippen LogP contribution is -2.23. The molecule has 0 amide bonds. The van der Waals surface area contributed by atoms with Gasteiger partial charge in [0.1, 0.15) is 6.20 Å². The summed E-state index contributed by atoms with van der Waals surface area (Å²) < 4.78 is 11.2. The van der Waals surface area contributed by atoms with E-state index in [1.165, 1.54) is 18.3 Å². The molecule has 1 aromatic carbocycles. The van der Waals surface area contributed by atoms with Crippen LogP contribution in [-0.4, -0.2) is 27.8 Å². The summed E-state index contributed by atoms with van der Waals surface area (Å²) in [5.41, 5.74) is 8.36. The van der Waals surface area contributed by atoms with Gasteiger partial charge in [-0.1, -0.05) is 0 Å². The van der Waals surface area contributed by atoms with E-state index in [1.807, 2.05) is 6.92 Å². The number of aromatic nitrogens is 1. The highest BCUT2D eigenvalue weighted by molar-refractivity contribution is 7.80. The van der Waals surface area contributed by atoms with Crippen molar-refractivity contribution >= 4 is 29.2 Å². The van der Waals surface area contributed by atoms with Crippen LogP contribution in [0.2, 0.25) is 0 Å². The fourth-order valence-corrected chi connectivity index (χ4v) is 1.83. The lowest BCUT2D eigenvalue weighted by atomic mass is 10.2. The molecule has 0 fully saturated rings. The molecule has 1 aromatic heterocycles. The van der Waals surface area contributed by atoms with Crippen molar-refractivity contribution in [2.24, 2.45) is 10.8 Å². The summed E-state index contributed by atoms with van der Waals surface area (Å²) >= 11 is 4.66. The summed E-state index contributed by atoms with van der Waals surface area (Å²) in [4.78, 5) is 14.0. The Bertz CT molecular complexity index is 795. The van der Waals surface area contributed by atoms with Gasteiger partial charge >= 0.3 is 0 Å². The fraction of sp³-hybridized carbons (Fsp3) is 0.133. The van der Waals surface area contributed by atoms with Crippen LogP contribution in [0.25, 0.3) is 0 Å². The van der Waals surface area contributed by atoms with Crippen LogP contribution in [0.15, 0.2) is 41.6 Å². The highest BCUT2D eigenvalue weighted by atomic mass is 32.1. The van der Waals surface area contributed by atoms with E-state index >= 15 is 0 Å². The summed E-state index contributed by atoms with van der Waals surface area (Å²) in [6.07, 6.45) is 2.65. The molecule has 0 aliphatic heterocycles. The van der Waals surface area contributed by atoms with Gasteiger partial charge in [-0.05, 0) is 42.9 Å². The summed E-state index contributed by atoms with van der Waals surface area (Å²) in [6, 6.07) is 7.86. The quantitative estimate of drug-likeness (QED) is 0.333. The van der Waals surface area contributed by atoms with Gasteiger partial charge in [-0.15, -0.1) is 0 Å². The van der Waals surface area contributed by atoms with Gasteiger partial charge in [-0.2, -0.15) is 5.10 Å². The number of thiocarbonyl (C=S) groups is 1. The van der Waals surface area contributed by atoms with Crippen molar-refractivity contribution in [2.45, 2.75) is 6.92 Å². The number of nitrogens with one attached hydrogen (secondary N) is 1. The lowest BCUT2D eigenvalue weighted by Gasteiger charge is -2.11. The number of rotatable bonds is 7. The Morgan fingerprint density at radius 2 is 2.24 bits per heavy atom. The van der Waals surface area contributed by atoms with Crippen molar-refractivity contribution in [3.05, 3.63) is 52.2 Å². The monoisotopic (exact) mass is 361 g/mol. The molecule has 0 aliphatic rings. The zero-order valence-corrected chi connectivity index (χ0v) is 14.0. The lowest BCUT2D eigenvalue weighted by molar-refractivity contribution is -0.385. The van der Waals surface area contributed by atoms with Crippen molar-refractivity contribution in [2.75, 3.05) is 6.61 Å². The second-order valence-electron chi connectivity index (χ2n) is 4.59. The molecule has 3 N–H and O–H groups in total. The van der Waals surface area contributed by atoms with Gasteiger partial charge in [0.25, 0.3) is 5.69 Å². The number of nitrogens with two attached hydrogens (primary N) is 1. The van der Waals surface area contributed by atoms with Crippen LogP contribution < -0.4 is 20.6 Å². The first-order chi connectivity index (χ1) is 12.0. The summed E-state index contributed by atoms with van der Waals surface area (Å²) in [5.74, 6) is 1.10. The molecular weight excluding hydrogens is 346 g/mol. The van der Waals surface area contributed by atoms with Crippen molar-refractivity contribution in [3.8, 4) is 17.4 Å². The number of nitrogens with zero attached hydrogens (tertiary/aromatic N) is 3. The largest absolute Gasteiger partial charge is 0.490 e. The standard InChI is InChI=1S/C15H15N5O4S/c1-2-23-13-7-10(8-18-19-15(16)25)3-5-12(13)24-14-6-4-11(9-17-14)20(21)22/h3-9H,2H2,1H3,(H3,16,19,25). The van der Waals surface area contributed by atoms with Crippen LogP contribution in [-0.2, 0) is 0 Å². The van der Waals surface area contributed by atoms with E-state index in [4.69, 9.17) is 15.2 Å². The van der Waals surface area contributed by atoms with E-state index in [0.29, 0.717) is 18.1 Å². The van der Waals surface area contributed by atoms with Gasteiger partial charge in [-0.25, -0.2) is 4.98 Å². The summed E-state index contributed by atoms with van der Waals surface area (Å²) in [7, 11) is 0. The zero-order chi connectivity index (χ0) is 18.2. The topological polar surface area (TPSA) is 125 Å². The molecule has 0 bridgehead atoms. The number of hydrogen-bond donors (Lipinski definition) is 2. The van der Waals surface area contributed by atoms with Gasteiger partial charge in [0.05, 0.1) is 17.7 Å². The van der Waals surface area contributed by atoms with Gasteiger partial charge in [0.15, 0.2) is 16.6 Å². The minimum absolute atomic E-state index is 0.0606. The van der Waals surface area contributed by atoms with Crippen LogP contribution in [0, 0.1) is 10.1 Å². The Kier molecular flexibility index (Phi) is 6.18. The molecule has 130 valence electrons. The molecule has 2 aromatic rings. The average molecular weight is 361 g/mol. The predicted molar refractivity (Wildman–Crippen MR) is 96.1 cm³/mol. The van der Waals surface area contributed by atoms with E-state index in [0.717, 1.165) is 11.8 Å². The number of hydrogen-bond acceptors (Lipinski definition) is 7. The highest BCUT2D eigenvalue weighted by Gasteiger charge is 2.10. The molecule has 0 saturated heterocycles. The minimum Gasteiger partial charge on any atom is -0.490 e. The Morgan fingerprint density at radius 1 is 1.44 bits per heavy atom. The number of hydrazone groups is 1. The van der Waals surface area contributed by atoms with Crippen LogP contribution in [0.1, 0.15) is 12.5 Å². The molecular formula is C15H15N5O4S. The number of pyridine rings is 1. The number of nitro groups is 1.